The summed E-state index contributed by atoms with van der Waals surface area (Å²) in [4.78, 5) is 8.18. The second-order valence-corrected chi connectivity index (χ2v) is 3.07. The third-order valence-electron chi connectivity index (χ3n) is 1.87. The highest BCUT2D eigenvalue weighted by atomic mass is 15.2. The Labute approximate surface area is 81.4 Å². The van der Waals surface area contributed by atoms with Crippen LogP contribution in [0.5, 0.6) is 0 Å². The zero-order valence-electron chi connectivity index (χ0n) is 7.81. The molecule has 0 spiro atoms. The van der Waals surface area contributed by atoms with Gasteiger partial charge in [-0.15, -0.1) is 0 Å². The molecule has 2 rings (SSSR count). The third kappa shape index (κ3) is 1.62. The van der Waals surface area contributed by atoms with Crippen LogP contribution < -0.4 is 5.73 Å². The van der Waals surface area contributed by atoms with Crippen LogP contribution in [0.25, 0.3) is 11.4 Å². The second kappa shape index (κ2) is 3.55. The molecule has 3 N–H and O–H groups in total. The Kier molecular flexibility index (Phi) is 2.24. The van der Waals surface area contributed by atoms with Crippen molar-refractivity contribution in [3.05, 3.63) is 30.4 Å². The fraction of sp³-hybridized carbons (Fsp3) is 0.222. The van der Waals surface area contributed by atoms with E-state index in [1.165, 1.54) is 0 Å². The van der Waals surface area contributed by atoms with Crippen LogP contribution in [0.4, 0.5) is 0 Å². The highest BCUT2D eigenvalue weighted by Gasteiger charge is 2.07. The van der Waals surface area contributed by atoms with E-state index in [0.717, 1.165) is 5.56 Å². The van der Waals surface area contributed by atoms with E-state index in [4.69, 9.17) is 5.73 Å². The van der Waals surface area contributed by atoms with Crippen LogP contribution >= 0.6 is 0 Å². The minimum absolute atomic E-state index is 0.127. The Bertz CT molecular complexity index is 406. The minimum Gasteiger partial charge on any atom is -0.322 e. The molecule has 0 aromatic carbocycles. The number of nitrogens with two attached hydrogens (primary N) is 1. The summed E-state index contributed by atoms with van der Waals surface area (Å²) in [7, 11) is 0. The van der Waals surface area contributed by atoms with Crippen LogP contribution in [0.1, 0.15) is 18.8 Å². The van der Waals surface area contributed by atoms with Crippen LogP contribution in [0.2, 0.25) is 0 Å². The molecule has 0 radical (unpaired) electrons. The lowest BCUT2D eigenvalue weighted by Crippen LogP contribution is -2.06. The van der Waals surface area contributed by atoms with Gasteiger partial charge in [0.15, 0.2) is 5.82 Å². The van der Waals surface area contributed by atoms with E-state index in [0.29, 0.717) is 11.6 Å². The maximum absolute atomic E-state index is 5.66. The molecule has 2 heterocycles. The number of aromatic nitrogens is 4. The summed E-state index contributed by atoms with van der Waals surface area (Å²) in [5.41, 5.74) is 6.59. The van der Waals surface area contributed by atoms with Gasteiger partial charge < -0.3 is 5.73 Å². The first-order valence-electron chi connectivity index (χ1n) is 4.35. The van der Waals surface area contributed by atoms with Crippen molar-refractivity contribution in [1.82, 2.24) is 20.2 Å². The van der Waals surface area contributed by atoms with Crippen molar-refractivity contribution >= 4 is 0 Å². The molecule has 0 aliphatic heterocycles. The van der Waals surface area contributed by atoms with Crippen LogP contribution in [0, 0.1) is 0 Å². The molecule has 0 fully saturated rings. The number of hydrogen-bond donors (Lipinski definition) is 2. The topological polar surface area (TPSA) is 80.5 Å². The van der Waals surface area contributed by atoms with Gasteiger partial charge in [0.25, 0.3) is 0 Å². The molecule has 5 nitrogen and oxygen atoms in total. The maximum atomic E-state index is 5.66. The summed E-state index contributed by atoms with van der Waals surface area (Å²) in [6.45, 7) is 1.86. The Morgan fingerprint density at radius 3 is 2.64 bits per heavy atom. The predicted octanol–water partition coefficient (Wildman–Crippen LogP) is 0.886. The van der Waals surface area contributed by atoms with Gasteiger partial charge in [-0.3, -0.25) is 10.1 Å². The first-order chi connectivity index (χ1) is 6.77. The Balaban J connectivity index is 2.34. The number of nitrogens with one attached hydrogen (secondary N) is 1. The first kappa shape index (κ1) is 8.83. The molecule has 0 saturated carbocycles. The molecule has 72 valence electrons. The molecule has 1 atom stereocenters. The zero-order valence-corrected chi connectivity index (χ0v) is 7.81. The summed E-state index contributed by atoms with van der Waals surface area (Å²) in [6.07, 6.45) is 3.41. The molecular formula is C9H11N5. The number of hydrogen-bond acceptors (Lipinski definition) is 4. The lowest BCUT2D eigenvalue weighted by atomic mass is 10.2. The zero-order chi connectivity index (χ0) is 9.97. The summed E-state index contributed by atoms with van der Waals surface area (Å²) < 4.78 is 0. The lowest BCUT2D eigenvalue weighted by molar-refractivity contribution is 0.745. The average molecular weight is 189 g/mol. The number of H-pyrrole nitrogens is 1. The van der Waals surface area contributed by atoms with Crippen molar-refractivity contribution in [3.63, 3.8) is 0 Å². The van der Waals surface area contributed by atoms with Gasteiger partial charge in [0.05, 0.1) is 6.04 Å². The minimum atomic E-state index is -0.127. The summed E-state index contributed by atoms with van der Waals surface area (Å²) in [5, 5.41) is 6.86. The van der Waals surface area contributed by atoms with Gasteiger partial charge in [-0.05, 0) is 19.1 Å². The summed E-state index contributed by atoms with van der Waals surface area (Å²) >= 11 is 0. The van der Waals surface area contributed by atoms with Crippen molar-refractivity contribution in [1.29, 1.82) is 0 Å². The van der Waals surface area contributed by atoms with E-state index >= 15 is 0 Å². The molecule has 0 amide bonds. The standard InChI is InChI=1S/C9H11N5/c1-6(10)8-12-9(14-13-8)7-2-4-11-5-3-7/h2-6H,10H2,1H3,(H,12,13,14)/t6-/m1/s1. The molecular weight excluding hydrogens is 178 g/mol. The second-order valence-electron chi connectivity index (χ2n) is 3.07. The Hall–Kier alpha value is -1.75. The van der Waals surface area contributed by atoms with Crippen molar-refractivity contribution in [2.45, 2.75) is 13.0 Å². The largest absolute Gasteiger partial charge is 0.322 e. The van der Waals surface area contributed by atoms with Gasteiger partial charge in [-0.2, -0.15) is 5.10 Å². The monoisotopic (exact) mass is 189 g/mol. The molecule has 0 unspecified atom stereocenters. The first-order valence-corrected chi connectivity index (χ1v) is 4.35. The van der Waals surface area contributed by atoms with E-state index in [9.17, 15) is 0 Å². The van der Waals surface area contributed by atoms with Gasteiger partial charge in [0, 0.05) is 18.0 Å². The average Bonchev–Trinajstić information content (AvgIpc) is 2.68. The molecule has 0 bridgehead atoms. The molecule has 0 aliphatic rings. The SMILES string of the molecule is C[C@@H](N)c1nc(-c2ccncc2)n[nH]1. The predicted molar refractivity (Wildman–Crippen MR) is 52.2 cm³/mol. The van der Waals surface area contributed by atoms with E-state index in [2.05, 4.69) is 20.2 Å². The smallest absolute Gasteiger partial charge is 0.181 e. The van der Waals surface area contributed by atoms with Gasteiger partial charge in [-0.1, -0.05) is 0 Å². The maximum Gasteiger partial charge on any atom is 0.181 e. The fourth-order valence-electron chi connectivity index (χ4n) is 1.11. The molecule has 0 aliphatic carbocycles. The van der Waals surface area contributed by atoms with Crippen LogP contribution in [-0.4, -0.2) is 20.2 Å². The summed E-state index contributed by atoms with van der Waals surface area (Å²) in [5.74, 6) is 1.34. The molecule has 14 heavy (non-hydrogen) atoms. The number of aromatic amines is 1. The number of rotatable bonds is 2. The highest BCUT2D eigenvalue weighted by molar-refractivity contribution is 5.52. The number of nitrogens with zero attached hydrogens (tertiary/aromatic N) is 3. The lowest BCUT2D eigenvalue weighted by Gasteiger charge is -1.96. The Morgan fingerprint density at radius 1 is 1.36 bits per heavy atom. The van der Waals surface area contributed by atoms with Crippen molar-refractivity contribution in [2.75, 3.05) is 0 Å². The summed E-state index contributed by atoms with van der Waals surface area (Å²) in [6, 6.07) is 3.58. The third-order valence-corrected chi connectivity index (χ3v) is 1.87. The number of pyridine rings is 1. The highest BCUT2D eigenvalue weighted by Crippen LogP contribution is 2.14. The van der Waals surface area contributed by atoms with Crippen LogP contribution in [-0.2, 0) is 0 Å². The van der Waals surface area contributed by atoms with E-state index in [-0.39, 0.29) is 6.04 Å². The van der Waals surface area contributed by atoms with Crippen LogP contribution in [0.3, 0.4) is 0 Å². The van der Waals surface area contributed by atoms with E-state index in [1.807, 2.05) is 19.1 Å². The van der Waals surface area contributed by atoms with E-state index < -0.39 is 0 Å². The molecule has 0 saturated heterocycles. The molecule has 2 aromatic heterocycles. The van der Waals surface area contributed by atoms with Gasteiger partial charge in [0.2, 0.25) is 0 Å². The normalized spacial score (nSPS) is 12.7. The quantitative estimate of drug-likeness (QED) is 0.735. The van der Waals surface area contributed by atoms with Crippen molar-refractivity contribution in [3.8, 4) is 11.4 Å². The molecule has 5 heteroatoms. The Morgan fingerprint density at radius 2 is 2.07 bits per heavy atom. The van der Waals surface area contributed by atoms with Crippen LogP contribution in [0.15, 0.2) is 24.5 Å². The fourth-order valence-corrected chi connectivity index (χ4v) is 1.11. The van der Waals surface area contributed by atoms with Crippen molar-refractivity contribution in [2.24, 2.45) is 5.73 Å². The van der Waals surface area contributed by atoms with E-state index in [1.54, 1.807) is 12.4 Å². The molecule has 2 aromatic rings. The van der Waals surface area contributed by atoms with Gasteiger partial charge >= 0.3 is 0 Å². The van der Waals surface area contributed by atoms with Gasteiger partial charge in [0.1, 0.15) is 5.82 Å². The van der Waals surface area contributed by atoms with Gasteiger partial charge in [-0.25, -0.2) is 4.98 Å². The van der Waals surface area contributed by atoms with Crippen molar-refractivity contribution < 1.29 is 0 Å².